The van der Waals surface area contributed by atoms with Gasteiger partial charge < -0.3 is 10.7 Å². The van der Waals surface area contributed by atoms with Crippen LogP contribution in [0.15, 0.2) is 42.6 Å². The minimum absolute atomic E-state index is 0.401. The van der Waals surface area contributed by atoms with Gasteiger partial charge in [-0.3, -0.25) is 9.78 Å². The summed E-state index contributed by atoms with van der Waals surface area (Å²) in [6.45, 7) is 2.02. The number of benzene rings is 1. The Hall–Kier alpha value is -2.62. The largest absolute Gasteiger partial charge is 0.364 e. The molecule has 3 aromatic rings. The lowest BCUT2D eigenvalue weighted by Gasteiger charge is -2.02. The van der Waals surface area contributed by atoms with Gasteiger partial charge in [0.05, 0.1) is 11.0 Å². The topological polar surface area (TPSA) is 71.8 Å². The molecule has 1 aromatic carbocycles. The molecule has 94 valence electrons. The Kier molecular flexibility index (Phi) is 2.56. The number of hydrogen-bond acceptors (Lipinski definition) is 2. The zero-order valence-corrected chi connectivity index (χ0v) is 10.5. The quantitative estimate of drug-likeness (QED) is 0.735. The SMILES string of the molecule is Cc1ccc(-c2c(C(N)=O)[nH]c3cccnc23)cc1. The number of nitrogens with zero attached hydrogens (tertiary/aromatic N) is 1. The molecule has 0 fully saturated rings. The molecular formula is C15H13N3O. The predicted molar refractivity (Wildman–Crippen MR) is 74.8 cm³/mol. The van der Waals surface area contributed by atoms with Gasteiger partial charge in [0.15, 0.2) is 0 Å². The smallest absolute Gasteiger partial charge is 0.265 e. The van der Waals surface area contributed by atoms with E-state index >= 15 is 0 Å². The molecule has 0 aliphatic rings. The first kappa shape index (κ1) is 11.5. The third-order valence-electron chi connectivity index (χ3n) is 3.14. The summed E-state index contributed by atoms with van der Waals surface area (Å²) in [5.41, 5.74) is 10.3. The fourth-order valence-electron chi connectivity index (χ4n) is 2.21. The third kappa shape index (κ3) is 1.87. The number of nitrogens with one attached hydrogen (secondary N) is 1. The van der Waals surface area contributed by atoms with Crippen LogP contribution in [0.1, 0.15) is 16.1 Å². The molecule has 0 aliphatic heterocycles. The van der Waals surface area contributed by atoms with E-state index < -0.39 is 5.91 Å². The molecule has 0 saturated heterocycles. The van der Waals surface area contributed by atoms with Gasteiger partial charge >= 0.3 is 0 Å². The first-order valence-corrected chi connectivity index (χ1v) is 6.00. The van der Waals surface area contributed by atoms with Crippen LogP contribution in [0.5, 0.6) is 0 Å². The number of nitrogens with two attached hydrogens (primary N) is 1. The minimum atomic E-state index is -0.478. The maximum Gasteiger partial charge on any atom is 0.265 e. The highest BCUT2D eigenvalue weighted by Gasteiger charge is 2.17. The molecule has 0 saturated carbocycles. The van der Waals surface area contributed by atoms with Gasteiger partial charge in [-0.15, -0.1) is 0 Å². The van der Waals surface area contributed by atoms with E-state index in [-0.39, 0.29) is 0 Å². The number of aromatic nitrogens is 2. The van der Waals surface area contributed by atoms with Crippen LogP contribution in [0.25, 0.3) is 22.2 Å². The number of aryl methyl sites for hydroxylation is 1. The molecule has 4 heteroatoms. The van der Waals surface area contributed by atoms with Crippen LogP contribution in [-0.4, -0.2) is 15.9 Å². The summed E-state index contributed by atoms with van der Waals surface area (Å²) in [4.78, 5) is 19.0. The van der Waals surface area contributed by atoms with Crippen LogP contribution in [0, 0.1) is 6.92 Å². The Balaban J connectivity index is 2.34. The number of pyridine rings is 1. The zero-order valence-electron chi connectivity index (χ0n) is 10.5. The van der Waals surface area contributed by atoms with Crippen molar-refractivity contribution in [2.75, 3.05) is 0 Å². The first-order chi connectivity index (χ1) is 9.16. The summed E-state index contributed by atoms with van der Waals surface area (Å²) in [6, 6.07) is 11.6. The second-order valence-corrected chi connectivity index (χ2v) is 4.50. The molecule has 1 amide bonds. The summed E-state index contributed by atoms with van der Waals surface area (Å²) in [7, 11) is 0. The molecule has 0 atom stereocenters. The van der Waals surface area contributed by atoms with Gasteiger partial charge in [0.25, 0.3) is 5.91 Å². The van der Waals surface area contributed by atoms with Gasteiger partial charge in [-0.05, 0) is 24.6 Å². The van der Waals surface area contributed by atoms with Crippen molar-refractivity contribution in [2.24, 2.45) is 5.73 Å². The van der Waals surface area contributed by atoms with Gasteiger partial charge in [-0.1, -0.05) is 29.8 Å². The first-order valence-electron chi connectivity index (χ1n) is 6.00. The van der Waals surface area contributed by atoms with Crippen LogP contribution in [0.2, 0.25) is 0 Å². The molecule has 0 unspecified atom stereocenters. The van der Waals surface area contributed by atoms with E-state index in [4.69, 9.17) is 5.73 Å². The summed E-state index contributed by atoms with van der Waals surface area (Å²) in [5.74, 6) is -0.478. The summed E-state index contributed by atoms with van der Waals surface area (Å²) < 4.78 is 0. The van der Waals surface area contributed by atoms with E-state index in [0.717, 1.165) is 27.7 Å². The lowest BCUT2D eigenvalue weighted by Crippen LogP contribution is -2.12. The highest BCUT2D eigenvalue weighted by atomic mass is 16.1. The molecule has 2 aromatic heterocycles. The molecular weight excluding hydrogens is 238 g/mol. The Morgan fingerprint density at radius 3 is 2.63 bits per heavy atom. The molecule has 19 heavy (non-hydrogen) atoms. The highest BCUT2D eigenvalue weighted by molar-refractivity contribution is 6.07. The number of carbonyl (C=O) groups excluding carboxylic acids is 1. The predicted octanol–water partition coefficient (Wildman–Crippen LogP) is 2.64. The van der Waals surface area contributed by atoms with Gasteiger partial charge in [-0.2, -0.15) is 0 Å². The number of H-pyrrole nitrogens is 1. The van der Waals surface area contributed by atoms with Crippen LogP contribution in [-0.2, 0) is 0 Å². The Bertz CT molecular complexity index is 757. The van der Waals surface area contributed by atoms with Gasteiger partial charge in [0.2, 0.25) is 0 Å². The van der Waals surface area contributed by atoms with Crippen molar-refractivity contribution < 1.29 is 4.79 Å². The van der Waals surface area contributed by atoms with Crippen molar-refractivity contribution in [3.63, 3.8) is 0 Å². The zero-order chi connectivity index (χ0) is 13.4. The maximum absolute atomic E-state index is 11.6. The standard InChI is InChI=1S/C15H13N3O/c1-9-4-6-10(7-5-9)12-13-11(3-2-8-17-13)18-14(12)15(16)19/h2-8,18H,1H3,(H2,16,19). The minimum Gasteiger partial charge on any atom is -0.364 e. The van der Waals surface area contributed by atoms with Gasteiger partial charge in [-0.25, -0.2) is 0 Å². The Morgan fingerprint density at radius 1 is 1.21 bits per heavy atom. The van der Waals surface area contributed by atoms with E-state index in [9.17, 15) is 4.79 Å². The Morgan fingerprint density at radius 2 is 1.95 bits per heavy atom. The second kappa shape index (κ2) is 4.24. The monoisotopic (exact) mass is 251 g/mol. The fraction of sp³-hybridized carbons (Fsp3) is 0.0667. The third-order valence-corrected chi connectivity index (χ3v) is 3.14. The van der Waals surface area contributed by atoms with Gasteiger partial charge in [0.1, 0.15) is 5.69 Å². The molecule has 0 spiro atoms. The van der Waals surface area contributed by atoms with Crippen molar-refractivity contribution in [3.8, 4) is 11.1 Å². The van der Waals surface area contributed by atoms with Crippen LogP contribution in [0.4, 0.5) is 0 Å². The fourth-order valence-corrected chi connectivity index (χ4v) is 2.21. The molecule has 4 nitrogen and oxygen atoms in total. The van der Waals surface area contributed by atoms with Crippen molar-refractivity contribution in [2.45, 2.75) is 6.92 Å². The lowest BCUT2D eigenvalue weighted by molar-refractivity contribution is 0.0997. The van der Waals surface area contributed by atoms with E-state index in [2.05, 4.69) is 9.97 Å². The van der Waals surface area contributed by atoms with E-state index in [1.165, 1.54) is 0 Å². The second-order valence-electron chi connectivity index (χ2n) is 4.50. The number of amides is 1. The van der Waals surface area contributed by atoms with Crippen molar-refractivity contribution in [1.82, 2.24) is 9.97 Å². The van der Waals surface area contributed by atoms with E-state index in [1.54, 1.807) is 6.20 Å². The van der Waals surface area contributed by atoms with E-state index in [1.807, 2.05) is 43.3 Å². The van der Waals surface area contributed by atoms with Crippen molar-refractivity contribution in [1.29, 1.82) is 0 Å². The molecule has 3 rings (SSSR count). The maximum atomic E-state index is 11.6. The number of carbonyl (C=O) groups is 1. The number of hydrogen-bond donors (Lipinski definition) is 2. The van der Waals surface area contributed by atoms with E-state index in [0.29, 0.717) is 5.69 Å². The highest BCUT2D eigenvalue weighted by Crippen LogP contribution is 2.30. The van der Waals surface area contributed by atoms with Crippen LogP contribution in [0.3, 0.4) is 0 Å². The summed E-state index contributed by atoms with van der Waals surface area (Å²) in [5, 5.41) is 0. The normalized spacial score (nSPS) is 10.8. The molecule has 0 radical (unpaired) electrons. The molecule has 0 aliphatic carbocycles. The van der Waals surface area contributed by atoms with Crippen molar-refractivity contribution >= 4 is 16.9 Å². The summed E-state index contributed by atoms with van der Waals surface area (Å²) >= 11 is 0. The van der Waals surface area contributed by atoms with Crippen LogP contribution >= 0.6 is 0 Å². The molecule has 2 heterocycles. The average Bonchev–Trinajstić information content (AvgIpc) is 2.79. The summed E-state index contributed by atoms with van der Waals surface area (Å²) in [6.07, 6.45) is 1.71. The molecule has 0 bridgehead atoms. The average molecular weight is 251 g/mol. The van der Waals surface area contributed by atoms with Crippen molar-refractivity contribution in [3.05, 3.63) is 53.9 Å². The molecule has 3 N–H and O–H groups in total. The Labute approximate surface area is 110 Å². The number of primary amides is 1. The number of rotatable bonds is 2. The van der Waals surface area contributed by atoms with Crippen LogP contribution < -0.4 is 5.73 Å². The number of aromatic amines is 1. The number of fused-ring (bicyclic) bond motifs is 1. The van der Waals surface area contributed by atoms with Gasteiger partial charge in [0, 0.05) is 11.8 Å². The lowest BCUT2D eigenvalue weighted by atomic mass is 10.0.